The molecule has 16 heavy (non-hydrogen) atoms. The van der Waals surface area contributed by atoms with Gasteiger partial charge < -0.3 is 0 Å². The van der Waals surface area contributed by atoms with Crippen molar-refractivity contribution in [3.05, 3.63) is 11.4 Å². The third-order valence-electron chi connectivity index (χ3n) is 3.47. The van der Waals surface area contributed by atoms with Crippen molar-refractivity contribution in [1.29, 1.82) is 0 Å². The first kappa shape index (κ1) is 11.9. The lowest BCUT2D eigenvalue weighted by molar-refractivity contribution is 0.402. The highest BCUT2D eigenvalue weighted by Gasteiger charge is 2.26. The second kappa shape index (κ2) is 5.17. The van der Waals surface area contributed by atoms with Gasteiger partial charge in [-0.05, 0) is 38.0 Å². The Hall–Kier alpha value is -0.570. The van der Waals surface area contributed by atoms with E-state index in [0.29, 0.717) is 11.9 Å². The van der Waals surface area contributed by atoms with E-state index in [-0.39, 0.29) is 0 Å². The molecule has 1 fully saturated rings. The van der Waals surface area contributed by atoms with Crippen LogP contribution in [-0.4, -0.2) is 15.0 Å². The number of hydrogen-bond donors (Lipinski definition) is 0. The Kier molecular flexibility index (Phi) is 3.85. The van der Waals surface area contributed by atoms with Gasteiger partial charge in [0.1, 0.15) is 5.69 Å². The van der Waals surface area contributed by atoms with Crippen LogP contribution in [0.2, 0.25) is 0 Å². The van der Waals surface area contributed by atoms with Gasteiger partial charge in [0.2, 0.25) is 0 Å². The lowest BCUT2D eigenvalue weighted by Gasteiger charge is -2.15. The van der Waals surface area contributed by atoms with Crippen LogP contribution in [0.3, 0.4) is 0 Å². The van der Waals surface area contributed by atoms with Crippen molar-refractivity contribution < 1.29 is 0 Å². The van der Waals surface area contributed by atoms with E-state index < -0.39 is 0 Å². The SMILES string of the molecule is CCC(CC)n1nnc(CCl)c1CC1CC1. The standard InChI is InChI=1S/C12H20ClN3/c1-3-10(4-2)16-12(7-9-5-6-9)11(8-13)14-15-16/h9-10H,3-8H2,1-2H3. The maximum atomic E-state index is 5.92. The molecule has 3 nitrogen and oxygen atoms in total. The molecule has 1 aromatic heterocycles. The van der Waals surface area contributed by atoms with Crippen LogP contribution in [0.1, 0.15) is 57.0 Å². The average molecular weight is 242 g/mol. The molecule has 90 valence electrons. The first-order valence-corrected chi connectivity index (χ1v) is 6.82. The monoisotopic (exact) mass is 241 g/mol. The molecular formula is C12H20ClN3. The van der Waals surface area contributed by atoms with Gasteiger partial charge in [-0.25, -0.2) is 4.68 Å². The van der Waals surface area contributed by atoms with Gasteiger partial charge in [0.05, 0.1) is 17.6 Å². The first-order valence-electron chi connectivity index (χ1n) is 6.29. The summed E-state index contributed by atoms with van der Waals surface area (Å²) in [5, 5.41) is 8.51. The van der Waals surface area contributed by atoms with E-state index >= 15 is 0 Å². The van der Waals surface area contributed by atoms with Crippen molar-refractivity contribution in [1.82, 2.24) is 15.0 Å². The van der Waals surface area contributed by atoms with Gasteiger partial charge in [-0.2, -0.15) is 0 Å². The van der Waals surface area contributed by atoms with E-state index in [1.807, 2.05) is 0 Å². The fourth-order valence-corrected chi connectivity index (χ4v) is 2.39. The zero-order valence-corrected chi connectivity index (χ0v) is 10.9. The normalized spacial score (nSPS) is 16.0. The summed E-state index contributed by atoms with van der Waals surface area (Å²) in [5.74, 6) is 1.34. The van der Waals surface area contributed by atoms with E-state index in [2.05, 4.69) is 28.8 Å². The highest BCUT2D eigenvalue weighted by atomic mass is 35.5. The van der Waals surface area contributed by atoms with Crippen molar-refractivity contribution in [3.63, 3.8) is 0 Å². The molecule has 0 spiro atoms. The lowest BCUT2D eigenvalue weighted by Crippen LogP contribution is -2.13. The fourth-order valence-electron chi connectivity index (χ4n) is 2.18. The number of halogens is 1. The third kappa shape index (κ3) is 2.40. The van der Waals surface area contributed by atoms with Crippen LogP contribution < -0.4 is 0 Å². The molecule has 0 bridgehead atoms. The first-order chi connectivity index (χ1) is 7.80. The van der Waals surface area contributed by atoms with Gasteiger partial charge in [-0.1, -0.05) is 19.1 Å². The number of alkyl halides is 1. The summed E-state index contributed by atoms with van der Waals surface area (Å²) in [5.41, 5.74) is 2.27. The van der Waals surface area contributed by atoms with Crippen molar-refractivity contribution in [2.45, 2.75) is 57.9 Å². The van der Waals surface area contributed by atoms with E-state index in [0.717, 1.165) is 30.9 Å². The average Bonchev–Trinajstić information content (AvgIpc) is 3.03. The molecule has 0 aliphatic heterocycles. The zero-order valence-electron chi connectivity index (χ0n) is 10.1. The van der Waals surface area contributed by atoms with E-state index in [1.54, 1.807) is 0 Å². The maximum Gasteiger partial charge on any atom is 0.101 e. The summed E-state index contributed by atoms with van der Waals surface area (Å²) in [6, 6.07) is 0.484. The quantitative estimate of drug-likeness (QED) is 0.716. The Morgan fingerprint density at radius 3 is 2.56 bits per heavy atom. The Morgan fingerprint density at radius 1 is 1.38 bits per heavy atom. The van der Waals surface area contributed by atoms with Gasteiger partial charge in [0.15, 0.2) is 0 Å². The van der Waals surface area contributed by atoms with Gasteiger partial charge in [-0.3, -0.25) is 0 Å². The molecular weight excluding hydrogens is 222 g/mol. The minimum Gasteiger partial charge on any atom is -0.246 e. The number of nitrogens with zero attached hydrogens (tertiary/aromatic N) is 3. The van der Waals surface area contributed by atoms with Crippen molar-refractivity contribution in [2.75, 3.05) is 0 Å². The largest absolute Gasteiger partial charge is 0.246 e. The molecule has 2 rings (SSSR count). The topological polar surface area (TPSA) is 30.7 Å². The molecule has 1 saturated carbocycles. The molecule has 1 heterocycles. The van der Waals surface area contributed by atoms with Crippen molar-refractivity contribution >= 4 is 11.6 Å². The van der Waals surface area contributed by atoms with Crippen LogP contribution in [0.25, 0.3) is 0 Å². The van der Waals surface area contributed by atoms with Crippen LogP contribution in [0.5, 0.6) is 0 Å². The highest BCUT2D eigenvalue weighted by Crippen LogP contribution is 2.34. The molecule has 0 unspecified atom stereocenters. The Bertz CT molecular complexity index is 340. The smallest absolute Gasteiger partial charge is 0.101 e. The summed E-state index contributed by atoms with van der Waals surface area (Å²) in [4.78, 5) is 0. The van der Waals surface area contributed by atoms with E-state index in [9.17, 15) is 0 Å². The summed E-state index contributed by atoms with van der Waals surface area (Å²) < 4.78 is 2.12. The van der Waals surface area contributed by atoms with Crippen LogP contribution in [0, 0.1) is 5.92 Å². The van der Waals surface area contributed by atoms with Gasteiger partial charge >= 0.3 is 0 Å². The second-order valence-electron chi connectivity index (χ2n) is 4.68. The minimum atomic E-state index is 0.484. The van der Waals surface area contributed by atoms with Gasteiger partial charge in [0.25, 0.3) is 0 Å². The lowest BCUT2D eigenvalue weighted by atomic mass is 10.1. The molecule has 0 saturated heterocycles. The third-order valence-corrected chi connectivity index (χ3v) is 3.72. The summed E-state index contributed by atoms with van der Waals surface area (Å²) in [6.45, 7) is 4.41. The Morgan fingerprint density at radius 2 is 2.06 bits per heavy atom. The molecule has 1 aromatic rings. The number of rotatable bonds is 6. The molecule has 1 aliphatic rings. The molecule has 1 aliphatic carbocycles. The van der Waals surface area contributed by atoms with Gasteiger partial charge in [0, 0.05) is 0 Å². The Labute approximate surface area is 102 Å². The predicted molar refractivity (Wildman–Crippen MR) is 65.6 cm³/mol. The van der Waals surface area contributed by atoms with Crippen LogP contribution in [0.4, 0.5) is 0 Å². The molecule has 0 aromatic carbocycles. The number of hydrogen-bond acceptors (Lipinski definition) is 2. The summed E-state index contributed by atoms with van der Waals surface area (Å²) in [6.07, 6.45) is 6.05. The summed E-state index contributed by atoms with van der Waals surface area (Å²) in [7, 11) is 0. The van der Waals surface area contributed by atoms with Crippen LogP contribution in [0.15, 0.2) is 0 Å². The Balaban J connectivity index is 2.23. The van der Waals surface area contributed by atoms with Gasteiger partial charge in [-0.15, -0.1) is 16.7 Å². The fraction of sp³-hybridized carbons (Fsp3) is 0.833. The van der Waals surface area contributed by atoms with Crippen molar-refractivity contribution in [3.8, 4) is 0 Å². The van der Waals surface area contributed by atoms with Crippen LogP contribution >= 0.6 is 11.6 Å². The predicted octanol–water partition coefficient (Wildman–Crippen LogP) is 3.33. The van der Waals surface area contributed by atoms with Crippen molar-refractivity contribution in [2.24, 2.45) is 5.92 Å². The molecule has 0 amide bonds. The maximum absolute atomic E-state index is 5.92. The van der Waals surface area contributed by atoms with E-state index in [4.69, 9.17) is 11.6 Å². The molecule has 0 radical (unpaired) electrons. The molecule has 4 heteroatoms. The summed E-state index contributed by atoms with van der Waals surface area (Å²) >= 11 is 5.92. The second-order valence-corrected chi connectivity index (χ2v) is 4.95. The minimum absolute atomic E-state index is 0.484. The molecule has 0 N–H and O–H groups in total. The van der Waals surface area contributed by atoms with Crippen LogP contribution in [-0.2, 0) is 12.3 Å². The number of aromatic nitrogens is 3. The molecule has 0 atom stereocenters. The van der Waals surface area contributed by atoms with E-state index in [1.165, 1.54) is 18.5 Å². The highest BCUT2D eigenvalue weighted by molar-refractivity contribution is 6.16. The zero-order chi connectivity index (χ0) is 11.5.